The molecule has 0 aliphatic carbocycles. The first-order valence-corrected chi connectivity index (χ1v) is 8.60. The van der Waals surface area contributed by atoms with Crippen LogP contribution in [0.5, 0.6) is 0 Å². The highest BCUT2D eigenvalue weighted by molar-refractivity contribution is 6.04. The van der Waals surface area contributed by atoms with E-state index in [-0.39, 0.29) is 22.8 Å². The maximum absolute atomic E-state index is 12.5. The molecule has 0 radical (unpaired) electrons. The lowest BCUT2D eigenvalue weighted by Gasteiger charge is -2.09. The first-order chi connectivity index (χ1) is 13.4. The predicted molar refractivity (Wildman–Crippen MR) is 102 cm³/mol. The van der Waals surface area contributed by atoms with Gasteiger partial charge in [0.15, 0.2) is 0 Å². The topological polar surface area (TPSA) is 136 Å². The maximum Gasteiger partial charge on any atom is 0.269 e. The third-order valence-corrected chi connectivity index (χ3v) is 3.90. The number of nitrogens with one attached hydrogen (secondary N) is 2. The largest absolute Gasteiger partial charge is 0.306 e. The van der Waals surface area contributed by atoms with Gasteiger partial charge in [0.1, 0.15) is 5.82 Å². The summed E-state index contributed by atoms with van der Waals surface area (Å²) in [6.07, 6.45) is 1.47. The van der Waals surface area contributed by atoms with Crippen molar-refractivity contribution in [2.75, 3.05) is 5.32 Å². The zero-order valence-corrected chi connectivity index (χ0v) is 15.3. The summed E-state index contributed by atoms with van der Waals surface area (Å²) >= 11 is 0. The van der Waals surface area contributed by atoms with Crippen molar-refractivity contribution in [2.24, 2.45) is 0 Å². The molecule has 2 aromatic heterocycles. The number of hydrogen-bond acceptors (Lipinski definition) is 6. The Balaban J connectivity index is 1.91. The highest BCUT2D eigenvalue weighted by Crippen LogP contribution is 2.17. The van der Waals surface area contributed by atoms with Crippen LogP contribution in [0.15, 0.2) is 41.2 Å². The molecule has 0 bridgehead atoms. The minimum absolute atomic E-state index is 0.105. The monoisotopic (exact) mass is 382 g/mol. The second kappa shape index (κ2) is 7.82. The van der Waals surface area contributed by atoms with Crippen LogP contribution in [0.25, 0.3) is 5.95 Å². The molecule has 0 fully saturated rings. The number of H-pyrrole nitrogens is 1. The molecule has 0 aliphatic heterocycles. The molecule has 0 atom stereocenters. The van der Waals surface area contributed by atoms with Crippen molar-refractivity contribution >= 4 is 17.4 Å². The Morgan fingerprint density at radius 2 is 2.00 bits per heavy atom. The SMILES string of the molecule is CCCc1cc(=O)[nH]c(-n2nc(C)cc2NC(=O)c2ccc([N+](=O)[O-])cc2)n1. The number of nitrogens with zero attached hydrogens (tertiary/aromatic N) is 4. The van der Waals surface area contributed by atoms with Gasteiger partial charge in [0.2, 0.25) is 5.95 Å². The number of aromatic amines is 1. The van der Waals surface area contributed by atoms with Crippen LogP contribution in [0, 0.1) is 17.0 Å². The molecule has 144 valence electrons. The number of carbonyl (C=O) groups is 1. The van der Waals surface area contributed by atoms with Crippen molar-refractivity contribution in [1.29, 1.82) is 0 Å². The fraction of sp³-hybridized carbons (Fsp3) is 0.222. The summed E-state index contributed by atoms with van der Waals surface area (Å²) in [6.45, 7) is 3.72. The zero-order valence-electron chi connectivity index (χ0n) is 15.3. The zero-order chi connectivity index (χ0) is 20.3. The third-order valence-electron chi connectivity index (χ3n) is 3.90. The Labute approximate surface area is 159 Å². The lowest BCUT2D eigenvalue weighted by atomic mass is 10.2. The van der Waals surface area contributed by atoms with E-state index in [1.54, 1.807) is 13.0 Å². The lowest BCUT2D eigenvalue weighted by Crippen LogP contribution is -2.19. The van der Waals surface area contributed by atoms with E-state index in [0.717, 1.165) is 6.42 Å². The number of aromatic nitrogens is 4. The molecule has 1 amide bonds. The van der Waals surface area contributed by atoms with E-state index in [2.05, 4.69) is 20.4 Å². The summed E-state index contributed by atoms with van der Waals surface area (Å²) in [4.78, 5) is 41.7. The number of anilines is 1. The van der Waals surface area contributed by atoms with E-state index in [9.17, 15) is 19.7 Å². The molecular weight excluding hydrogens is 364 g/mol. The van der Waals surface area contributed by atoms with E-state index in [1.165, 1.54) is 35.0 Å². The van der Waals surface area contributed by atoms with Crippen LogP contribution in [0.4, 0.5) is 11.5 Å². The number of nitro benzene ring substituents is 1. The Hall–Kier alpha value is -3.82. The molecule has 2 heterocycles. The van der Waals surface area contributed by atoms with Crippen LogP contribution in [0.1, 0.15) is 35.1 Å². The fourth-order valence-electron chi connectivity index (χ4n) is 2.65. The van der Waals surface area contributed by atoms with Gasteiger partial charge in [-0.2, -0.15) is 9.78 Å². The number of hydrogen-bond donors (Lipinski definition) is 2. The number of nitro groups is 1. The number of carbonyl (C=O) groups excluding carboxylic acids is 1. The Kier molecular flexibility index (Phi) is 5.30. The van der Waals surface area contributed by atoms with E-state index in [4.69, 9.17) is 0 Å². The molecule has 0 saturated carbocycles. The van der Waals surface area contributed by atoms with Gasteiger partial charge in [0, 0.05) is 35.5 Å². The summed E-state index contributed by atoms with van der Waals surface area (Å²) in [6, 6.07) is 8.30. The van der Waals surface area contributed by atoms with Gasteiger partial charge in [-0.1, -0.05) is 13.3 Å². The molecule has 10 nitrogen and oxygen atoms in total. The maximum atomic E-state index is 12.5. The van der Waals surface area contributed by atoms with E-state index >= 15 is 0 Å². The summed E-state index contributed by atoms with van der Waals surface area (Å²) in [5.41, 5.74) is 1.07. The number of rotatable bonds is 6. The minimum atomic E-state index is -0.536. The minimum Gasteiger partial charge on any atom is -0.306 e. The van der Waals surface area contributed by atoms with Crippen LogP contribution in [0.2, 0.25) is 0 Å². The second-order valence-electron chi connectivity index (χ2n) is 6.15. The van der Waals surface area contributed by atoms with Crippen LogP contribution in [0.3, 0.4) is 0 Å². The van der Waals surface area contributed by atoms with E-state index in [1.807, 2.05) is 6.92 Å². The average Bonchev–Trinajstić information content (AvgIpc) is 3.02. The van der Waals surface area contributed by atoms with Gasteiger partial charge < -0.3 is 5.32 Å². The van der Waals surface area contributed by atoms with Gasteiger partial charge in [-0.05, 0) is 25.5 Å². The second-order valence-corrected chi connectivity index (χ2v) is 6.15. The van der Waals surface area contributed by atoms with Crippen molar-refractivity contribution < 1.29 is 9.72 Å². The summed E-state index contributed by atoms with van der Waals surface area (Å²) in [5, 5.41) is 17.7. The summed E-state index contributed by atoms with van der Waals surface area (Å²) in [5.74, 6) is 0.0452. The van der Waals surface area contributed by atoms with Crippen molar-refractivity contribution in [1.82, 2.24) is 19.7 Å². The first kappa shape index (κ1) is 19.0. The molecule has 0 saturated heterocycles. The molecular formula is C18H18N6O4. The van der Waals surface area contributed by atoms with Crippen LogP contribution in [-0.2, 0) is 6.42 Å². The fourth-order valence-corrected chi connectivity index (χ4v) is 2.65. The Morgan fingerprint density at radius 1 is 1.29 bits per heavy atom. The smallest absolute Gasteiger partial charge is 0.269 e. The van der Waals surface area contributed by atoms with Crippen molar-refractivity contribution in [3.05, 3.63) is 73.8 Å². The van der Waals surface area contributed by atoms with Crippen LogP contribution >= 0.6 is 0 Å². The van der Waals surface area contributed by atoms with Crippen molar-refractivity contribution in [2.45, 2.75) is 26.7 Å². The van der Waals surface area contributed by atoms with Crippen LogP contribution < -0.4 is 10.9 Å². The highest BCUT2D eigenvalue weighted by Gasteiger charge is 2.15. The molecule has 3 aromatic rings. The summed E-state index contributed by atoms with van der Waals surface area (Å²) in [7, 11) is 0. The van der Waals surface area contributed by atoms with Gasteiger partial charge in [0.05, 0.1) is 10.6 Å². The number of non-ortho nitro benzene ring substituents is 1. The lowest BCUT2D eigenvalue weighted by molar-refractivity contribution is -0.384. The van der Waals surface area contributed by atoms with Gasteiger partial charge in [-0.3, -0.25) is 24.7 Å². The van der Waals surface area contributed by atoms with Crippen LogP contribution in [-0.4, -0.2) is 30.6 Å². The van der Waals surface area contributed by atoms with Gasteiger partial charge in [-0.25, -0.2) is 4.98 Å². The van der Waals surface area contributed by atoms with Gasteiger partial charge >= 0.3 is 0 Å². The standard InChI is InChI=1S/C18H18N6O4/c1-3-4-13-10-16(25)21-18(19-13)23-15(9-11(2)22-23)20-17(26)12-5-7-14(8-6-12)24(27)28/h5-10H,3-4H2,1-2H3,(H,20,26)(H,19,21,25). The molecule has 10 heteroatoms. The van der Waals surface area contributed by atoms with E-state index < -0.39 is 10.8 Å². The third kappa shape index (κ3) is 4.11. The van der Waals surface area contributed by atoms with Crippen molar-refractivity contribution in [3.63, 3.8) is 0 Å². The number of amides is 1. The molecule has 2 N–H and O–H groups in total. The summed E-state index contributed by atoms with van der Waals surface area (Å²) < 4.78 is 1.35. The number of aryl methyl sites for hydroxylation is 2. The molecule has 28 heavy (non-hydrogen) atoms. The Morgan fingerprint density at radius 3 is 2.64 bits per heavy atom. The molecule has 0 aliphatic rings. The highest BCUT2D eigenvalue weighted by atomic mass is 16.6. The van der Waals surface area contributed by atoms with Gasteiger partial charge in [-0.15, -0.1) is 0 Å². The molecule has 1 aromatic carbocycles. The molecule has 0 unspecified atom stereocenters. The number of benzene rings is 1. The first-order valence-electron chi connectivity index (χ1n) is 8.60. The quantitative estimate of drug-likeness (QED) is 0.496. The van der Waals surface area contributed by atoms with E-state index in [0.29, 0.717) is 23.6 Å². The Bertz CT molecular complexity index is 1080. The predicted octanol–water partition coefficient (Wildman–Crippen LogP) is 2.38. The van der Waals surface area contributed by atoms with Crippen molar-refractivity contribution in [3.8, 4) is 5.95 Å². The average molecular weight is 382 g/mol. The molecule has 0 spiro atoms. The molecule has 3 rings (SSSR count). The van der Waals surface area contributed by atoms with Gasteiger partial charge in [0.25, 0.3) is 17.2 Å². The normalized spacial score (nSPS) is 10.6.